The molecule has 0 radical (unpaired) electrons. The van der Waals surface area contributed by atoms with E-state index in [2.05, 4.69) is 0 Å². The summed E-state index contributed by atoms with van der Waals surface area (Å²) in [5.41, 5.74) is 4.46. The van der Waals surface area contributed by atoms with Crippen molar-refractivity contribution in [2.45, 2.75) is 31.8 Å². The number of amides is 1. The van der Waals surface area contributed by atoms with Gasteiger partial charge in [0.15, 0.2) is 0 Å². The molecular formula is C9H18N2O2. The first-order valence-corrected chi connectivity index (χ1v) is 4.81. The van der Waals surface area contributed by atoms with E-state index in [0.717, 1.165) is 13.0 Å². The number of aliphatic hydroxyl groups is 1. The zero-order chi connectivity index (χ0) is 9.90. The summed E-state index contributed by atoms with van der Waals surface area (Å²) in [5.74, 6) is 0.0288. The molecule has 4 heteroatoms. The largest absolute Gasteiger partial charge is 0.388 e. The quantitative estimate of drug-likeness (QED) is 0.636. The third-order valence-corrected chi connectivity index (χ3v) is 2.55. The van der Waals surface area contributed by atoms with Crippen LogP contribution in [0.25, 0.3) is 0 Å². The van der Waals surface area contributed by atoms with Crippen LogP contribution in [0.5, 0.6) is 0 Å². The summed E-state index contributed by atoms with van der Waals surface area (Å²) < 4.78 is 0. The van der Waals surface area contributed by atoms with Gasteiger partial charge in [0, 0.05) is 19.6 Å². The van der Waals surface area contributed by atoms with Gasteiger partial charge in [-0.2, -0.15) is 0 Å². The number of rotatable bonds is 3. The smallest absolute Gasteiger partial charge is 0.225 e. The molecule has 3 N–H and O–H groups in total. The first-order valence-electron chi connectivity index (χ1n) is 4.81. The van der Waals surface area contributed by atoms with Gasteiger partial charge in [-0.05, 0) is 12.8 Å². The molecule has 1 aliphatic heterocycles. The maximum atomic E-state index is 11.5. The molecule has 1 saturated heterocycles. The maximum absolute atomic E-state index is 11.5. The molecule has 0 aliphatic carbocycles. The van der Waals surface area contributed by atoms with E-state index in [4.69, 9.17) is 5.73 Å². The number of likely N-dealkylation sites (tertiary alicyclic amines) is 1. The van der Waals surface area contributed by atoms with E-state index in [-0.39, 0.29) is 18.9 Å². The van der Waals surface area contributed by atoms with Crippen molar-refractivity contribution in [1.29, 1.82) is 0 Å². The topological polar surface area (TPSA) is 66.6 Å². The van der Waals surface area contributed by atoms with Crippen LogP contribution in [0.2, 0.25) is 0 Å². The van der Waals surface area contributed by atoms with Crippen LogP contribution < -0.4 is 5.73 Å². The molecule has 0 aromatic carbocycles. The predicted molar refractivity (Wildman–Crippen MR) is 50.1 cm³/mol. The molecule has 0 bridgehead atoms. The fraction of sp³-hybridized carbons (Fsp3) is 0.889. The van der Waals surface area contributed by atoms with Crippen molar-refractivity contribution in [3.63, 3.8) is 0 Å². The van der Waals surface area contributed by atoms with Crippen LogP contribution in [0, 0.1) is 0 Å². The lowest BCUT2D eigenvalue weighted by atomic mass is 9.91. The predicted octanol–water partition coefficient (Wildman–Crippen LogP) is -0.291. The molecule has 0 saturated carbocycles. The van der Waals surface area contributed by atoms with Gasteiger partial charge in [-0.15, -0.1) is 0 Å². The SMILES string of the molecule is CCCN1CCC(O)(CN)CC1=O. The number of piperidine rings is 1. The number of carbonyl (C=O) groups excluding carboxylic acids is 1. The van der Waals surface area contributed by atoms with Gasteiger partial charge in [0.05, 0.1) is 12.0 Å². The van der Waals surface area contributed by atoms with E-state index < -0.39 is 5.60 Å². The Bertz CT molecular complexity index is 196. The summed E-state index contributed by atoms with van der Waals surface area (Å²) in [7, 11) is 0. The normalized spacial score (nSPS) is 29.5. The van der Waals surface area contributed by atoms with Crippen LogP contribution in [0.4, 0.5) is 0 Å². The minimum atomic E-state index is -0.943. The third-order valence-electron chi connectivity index (χ3n) is 2.55. The molecule has 13 heavy (non-hydrogen) atoms. The highest BCUT2D eigenvalue weighted by Crippen LogP contribution is 2.21. The molecular weight excluding hydrogens is 168 g/mol. The van der Waals surface area contributed by atoms with Gasteiger partial charge in [0.25, 0.3) is 0 Å². The third kappa shape index (κ3) is 2.42. The molecule has 1 amide bonds. The van der Waals surface area contributed by atoms with Gasteiger partial charge >= 0.3 is 0 Å². The number of hydrogen-bond acceptors (Lipinski definition) is 3. The molecule has 1 aliphatic rings. The van der Waals surface area contributed by atoms with Crippen molar-refractivity contribution in [2.24, 2.45) is 5.73 Å². The Morgan fingerprint density at radius 3 is 2.85 bits per heavy atom. The fourth-order valence-corrected chi connectivity index (χ4v) is 1.63. The first kappa shape index (κ1) is 10.5. The highest BCUT2D eigenvalue weighted by molar-refractivity contribution is 5.78. The zero-order valence-electron chi connectivity index (χ0n) is 8.12. The van der Waals surface area contributed by atoms with Crippen molar-refractivity contribution in [3.8, 4) is 0 Å². The van der Waals surface area contributed by atoms with Crippen LogP contribution in [0.3, 0.4) is 0 Å². The van der Waals surface area contributed by atoms with Crippen molar-refractivity contribution in [1.82, 2.24) is 4.90 Å². The molecule has 0 aromatic heterocycles. The van der Waals surface area contributed by atoms with E-state index in [9.17, 15) is 9.90 Å². The molecule has 0 spiro atoms. The Labute approximate surface area is 78.7 Å². The van der Waals surface area contributed by atoms with Crippen LogP contribution >= 0.6 is 0 Å². The van der Waals surface area contributed by atoms with Crippen molar-refractivity contribution in [3.05, 3.63) is 0 Å². The number of nitrogens with two attached hydrogens (primary N) is 1. The summed E-state index contributed by atoms with van der Waals surface area (Å²) >= 11 is 0. The van der Waals surface area contributed by atoms with E-state index in [1.54, 1.807) is 4.90 Å². The highest BCUT2D eigenvalue weighted by atomic mass is 16.3. The monoisotopic (exact) mass is 186 g/mol. The van der Waals surface area contributed by atoms with E-state index >= 15 is 0 Å². The Balaban J connectivity index is 2.51. The van der Waals surface area contributed by atoms with Crippen LogP contribution in [0.1, 0.15) is 26.2 Å². The van der Waals surface area contributed by atoms with Gasteiger partial charge < -0.3 is 15.7 Å². The molecule has 1 atom stereocenters. The average molecular weight is 186 g/mol. The Hall–Kier alpha value is -0.610. The number of carbonyl (C=O) groups is 1. The second-order valence-corrected chi connectivity index (χ2v) is 3.74. The number of nitrogens with zero attached hydrogens (tertiary/aromatic N) is 1. The molecule has 0 aromatic rings. The highest BCUT2D eigenvalue weighted by Gasteiger charge is 2.35. The van der Waals surface area contributed by atoms with Crippen molar-refractivity contribution < 1.29 is 9.90 Å². The van der Waals surface area contributed by atoms with Gasteiger partial charge in [-0.25, -0.2) is 0 Å². The van der Waals surface area contributed by atoms with Gasteiger partial charge in [-0.3, -0.25) is 4.79 Å². The summed E-state index contributed by atoms with van der Waals surface area (Å²) in [6.07, 6.45) is 1.76. The summed E-state index contributed by atoms with van der Waals surface area (Å²) in [5, 5.41) is 9.76. The lowest BCUT2D eigenvalue weighted by Gasteiger charge is -2.36. The van der Waals surface area contributed by atoms with Gasteiger partial charge in [-0.1, -0.05) is 6.92 Å². The summed E-state index contributed by atoms with van der Waals surface area (Å²) in [6, 6.07) is 0. The lowest BCUT2D eigenvalue weighted by Crippen LogP contribution is -2.51. The minimum Gasteiger partial charge on any atom is -0.388 e. The van der Waals surface area contributed by atoms with Crippen molar-refractivity contribution >= 4 is 5.91 Å². The second-order valence-electron chi connectivity index (χ2n) is 3.74. The lowest BCUT2D eigenvalue weighted by molar-refractivity contribution is -0.142. The van der Waals surface area contributed by atoms with Crippen LogP contribution in [-0.2, 0) is 4.79 Å². The summed E-state index contributed by atoms with van der Waals surface area (Å²) in [6.45, 7) is 3.65. The zero-order valence-corrected chi connectivity index (χ0v) is 8.12. The van der Waals surface area contributed by atoms with Crippen LogP contribution in [-0.4, -0.2) is 41.1 Å². The molecule has 1 rings (SSSR count). The molecule has 1 heterocycles. The van der Waals surface area contributed by atoms with Gasteiger partial charge in [0.2, 0.25) is 5.91 Å². The van der Waals surface area contributed by atoms with Crippen molar-refractivity contribution in [2.75, 3.05) is 19.6 Å². The Morgan fingerprint density at radius 1 is 1.69 bits per heavy atom. The second kappa shape index (κ2) is 4.07. The minimum absolute atomic E-state index is 0.0288. The molecule has 1 unspecified atom stereocenters. The molecule has 76 valence electrons. The standard InChI is InChI=1S/C9H18N2O2/c1-2-4-11-5-3-9(13,7-10)6-8(11)12/h13H,2-7,10H2,1H3. The maximum Gasteiger partial charge on any atom is 0.225 e. The Morgan fingerprint density at radius 2 is 2.38 bits per heavy atom. The molecule has 4 nitrogen and oxygen atoms in total. The average Bonchev–Trinajstić information content (AvgIpc) is 2.11. The fourth-order valence-electron chi connectivity index (χ4n) is 1.63. The number of hydrogen-bond donors (Lipinski definition) is 2. The van der Waals surface area contributed by atoms with E-state index in [0.29, 0.717) is 13.0 Å². The summed E-state index contributed by atoms with van der Waals surface area (Å²) in [4.78, 5) is 13.3. The Kier molecular flexibility index (Phi) is 3.27. The van der Waals surface area contributed by atoms with E-state index in [1.165, 1.54) is 0 Å². The van der Waals surface area contributed by atoms with Gasteiger partial charge in [0.1, 0.15) is 0 Å². The first-order chi connectivity index (χ1) is 6.11. The molecule has 1 fully saturated rings. The van der Waals surface area contributed by atoms with E-state index in [1.807, 2.05) is 6.92 Å². The van der Waals surface area contributed by atoms with Crippen LogP contribution in [0.15, 0.2) is 0 Å².